The van der Waals surface area contributed by atoms with E-state index < -0.39 is 10.0 Å². The van der Waals surface area contributed by atoms with E-state index in [4.69, 9.17) is 0 Å². The van der Waals surface area contributed by atoms with E-state index in [1.807, 2.05) is 47.8 Å². The smallest absolute Gasteiger partial charge is 0.225 e. The Morgan fingerprint density at radius 3 is 2.50 bits per heavy atom. The maximum absolute atomic E-state index is 11.9. The summed E-state index contributed by atoms with van der Waals surface area (Å²) in [6, 6.07) is 13.6. The lowest BCUT2D eigenvalue weighted by Gasteiger charge is -2.20. The van der Waals surface area contributed by atoms with Crippen molar-refractivity contribution in [2.45, 2.75) is 12.8 Å². The zero-order valence-corrected chi connectivity index (χ0v) is 15.3. The molecule has 1 heterocycles. The monoisotopic (exact) mass is 366 g/mol. The van der Waals surface area contributed by atoms with Crippen LogP contribution >= 0.6 is 11.3 Å². The Morgan fingerprint density at radius 1 is 1.12 bits per heavy atom. The first-order chi connectivity index (χ1) is 11.4. The first-order valence-electron chi connectivity index (χ1n) is 7.73. The van der Waals surface area contributed by atoms with Crippen molar-refractivity contribution in [2.75, 3.05) is 25.9 Å². The van der Waals surface area contributed by atoms with Gasteiger partial charge >= 0.3 is 0 Å². The van der Waals surface area contributed by atoms with Crippen molar-refractivity contribution >= 4 is 27.3 Å². The summed E-state index contributed by atoms with van der Waals surface area (Å²) in [7, 11) is -3.30. The highest BCUT2D eigenvalue weighted by Crippen LogP contribution is 2.09. The Morgan fingerprint density at radius 2 is 1.88 bits per heavy atom. The molecule has 0 aliphatic carbocycles. The number of rotatable bonds is 9. The minimum atomic E-state index is -3.30. The highest BCUT2D eigenvalue weighted by Gasteiger charge is 2.16. The number of hydrogen-bond donors (Lipinski definition) is 1. The predicted octanol–water partition coefficient (Wildman–Crippen LogP) is 1.91. The van der Waals surface area contributed by atoms with Crippen LogP contribution in [0, 0.1) is 0 Å². The number of amides is 1. The van der Waals surface area contributed by atoms with Crippen LogP contribution < -0.4 is 5.32 Å². The fraction of sp³-hybridized carbons (Fsp3) is 0.353. The van der Waals surface area contributed by atoms with Gasteiger partial charge in [-0.15, -0.1) is 11.3 Å². The fourth-order valence-electron chi connectivity index (χ4n) is 2.30. The van der Waals surface area contributed by atoms with Gasteiger partial charge in [-0.25, -0.2) is 12.7 Å². The van der Waals surface area contributed by atoms with Crippen LogP contribution in [-0.2, 0) is 27.7 Å². The largest absolute Gasteiger partial charge is 0.354 e. The first-order valence-corrected chi connectivity index (χ1v) is 10.5. The van der Waals surface area contributed by atoms with Gasteiger partial charge in [0.1, 0.15) is 0 Å². The molecule has 0 unspecified atom stereocenters. The molecule has 0 bridgehead atoms. The molecule has 24 heavy (non-hydrogen) atoms. The molecule has 1 N–H and O–H groups in total. The van der Waals surface area contributed by atoms with E-state index in [1.165, 1.54) is 21.9 Å². The molecule has 0 radical (unpaired) electrons. The molecule has 0 saturated heterocycles. The van der Waals surface area contributed by atoms with Gasteiger partial charge in [0.2, 0.25) is 15.9 Å². The van der Waals surface area contributed by atoms with E-state index in [1.54, 1.807) is 0 Å². The van der Waals surface area contributed by atoms with Gasteiger partial charge in [-0.1, -0.05) is 36.4 Å². The van der Waals surface area contributed by atoms with Crippen molar-refractivity contribution in [3.63, 3.8) is 0 Å². The molecule has 0 atom stereocenters. The average Bonchev–Trinajstić information content (AvgIpc) is 3.03. The lowest BCUT2D eigenvalue weighted by molar-refractivity contribution is -0.120. The van der Waals surface area contributed by atoms with Gasteiger partial charge in [0.15, 0.2) is 0 Å². The van der Waals surface area contributed by atoms with Crippen molar-refractivity contribution in [3.05, 3.63) is 58.3 Å². The topological polar surface area (TPSA) is 66.5 Å². The quantitative estimate of drug-likeness (QED) is 0.737. The number of carbonyl (C=O) groups excluding carboxylic acids is 1. The average molecular weight is 367 g/mol. The molecule has 1 amide bonds. The Kier molecular flexibility index (Phi) is 6.96. The summed E-state index contributed by atoms with van der Waals surface area (Å²) in [5.41, 5.74) is 1.09. The van der Waals surface area contributed by atoms with Crippen LogP contribution in [0.25, 0.3) is 0 Å². The van der Waals surface area contributed by atoms with E-state index in [9.17, 15) is 13.2 Å². The minimum absolute atomic E-state index is 0.0889. The lowest BCUT2D eigenvalue weighted by Crippen LogP contribution is -2.39. The van der Waals surface area contributed by atoms with Crippen LogP contribution in [0.3, 0.4) is 0 Å². The third-order valence-corrected chi connectivity index (χ3v) is 5.74. The summed E-state index contributed by atoms with van der Waals surface area (Å²) < 4.78 is 25.2. The molecule has 0 spiro atoms. The molecular weight excluding hydrogens is 344 g/mol. The van der Waals surface area contributed by atoms with E-state index in [0.29, 0.717) is 25.9 Å². The zero-order valence-electron chi connectivity index (χ0n) is 13.6. The molecule has 0 aliphatic rings. The number of sulfonamides is 1. The zero-order chi connectivity index (χ0) is 17.4. The second kappa shape index (κ2) is 8.96. The van der Waals surface area contributed by atoms with Crippen LogP contribution in [-0.4, -0.2) is 44.5 Å². The van der Waals surface area contributed by atoms with Gasteiger partial charge < -0.3 is 5.32 Å². The Hall–Kier alpha value is -1.70. The SMILES string of the molecule is CS(=O)(=O)N(CCNC(=O)Cc1cccs1)CCc1ccccc1. The molecule has 2 aromatic rings. The molecule has 1 aromatic heterocycles. The van der Waals surface area contributed by atoms with Gasteiger partial charge in [-0.05, 0) is 23.4 Å². The first kappa shape index (κ1) is 18.6. The molecule has 2 rings (SSSR count). The highest BCUT2D eigenvalue weighted by molar-refractivity contribution is 7.88. The van der Waals surface area contributed by atoms with Crippen molar-refractivity contribution in [2.24, 2.45) is 0 Å². The van der Waals surface area contributed by atoms with E-state index in [2.05, 4.69) is 5.32 Å². The van der Waals surface area contributed by atoms with Gasteiger partial charge in [-0.3, -0.25) is 4.79 Å². The third-order valence-electron chi connectivity index (χ3n) is 3.56. The second-order valence-corrected chi connectivity index (χ2v) is 8.52. The van der Waals surface area contributed by atoms with Crippen LogP contribution in [0.15, 0.2) is 47.8 Å². The van der Waals surface area contributed by atoms with E-state index in [-0.39, 0.29) is 12.5 Å². The van der Waals surface area contributed by atoms with Gasteiger partial charge in [-0.2, -0.15) is 0 Å². The molecule has 0 aliphatic heterocycles. The van der Waals surface area contributed by atoms with Crippen LogP contribution in [0.5, 0.6) is 0 Å². The van der Waals surface area contributed by atoms with E-state index in [0.717, 1.165) is 10.4 Å². The standard InChI is InChI=1S/C17H22N2O3S2/c1-24(21,22)19(11-9-15-6-3-2-4-7-15)12-10-18-17(20)14-16-8-5-13-23-16/h2-8,13H,9-12,14H2,1H3,(H,18,20). The second-order valence-electron chi connectivity index (χ2n) is 5.50. The molecule has 0 fully saturated rings. The van der Waals surface area contributed by atoms with Crippen molar-refractivity contribution in [1.29, 1.82) is 0 Å². The third kappa shape index (κ3) is 6.43. The molecule has 7 heteroatoms. The van der Waals surface area contributed by atoms with Crippen molar-refractivity contribution in [3.8, 4) is 0 Å². The fourth-order valence-corrected chi connectivity index (χ4v) is 3.85. The lowest BCUT2D eigenvalue weighted by atomic mass is 10.1. The summed E-state index contributed by atoms with van der Waals surface area (Å²) in [6.07, 6.45) is 2.18. The Balaban J connectivity index is 1.80. The van der Waals surface area contributed by atoms with Crippen LogP contribution in [0.4, 0.5) is 0 Å². The summed E-state index contributed by atoms with van der Waals surface area (Å²) >= 11 is 1.53. The molecular formula is C17H22N2O3S2. The molecule has 130 valence electrons. The highest BCUT2D eigenvalue weighted by atomic mass is 32.2. The number of thiophene rings is 1. The maximum Gasteiger partial charge on any atom is 0.225 e. The predicted molar refractivity (Wildman–Crippen MR) is 97.6 cm³/mol. The summed E-state index contributed by atoms with van der Waals surface area (Å²) in [5, 5.41) is 4.71. The Labute approximate surface area is 147 Å². The number of nitrogens with one attached hydrogen (secondary N) is 1. The number of carbonyl (C=O) groups is 1. The van der Waals surface area contributed by atoms with Crippen molar-refractivity contribution < 1.29 is 13.2 Å². The number of nitrogens with zero attached hydrogens (tertiary/aromatic N) is 1. The van der Waals surface area contributed by atoms with Crippen LogP contribution in [0.2, 0.25) is 0 Å². The summed E-state index contributed by atoms with van der Waals surface area (Å²) in [4.78, 5) is 12.8. The number of benzene rings is 1. The number of hydrogen-bond acceptors (Lipinski definition) is 4. The molecule has 0 saturated carbocycles. The minimum Gasteiger partial charge on any atom is -0.354 e. The van der Waals surface area contributed by atoms with Gasteiger partial charge in [0, 0.05) is 24.5 Å². The summed E-state index contributed by atoms with van der Waals surface area (Å²) in [5.74, 6) is -0.0889. The molecule has 5 nitrogen and oxygen atoms in total. The van der Waals surface area contributed by atoms with Crippen molar-refractivity contribution in [1.82, 2.24) is 9.62 Å². The van der Waals surface area contributed by atoms with Gasteiger partial charge in [0.25, 0.3) is 0 Å². The van der Waals surface area contributed by atoms with E-state index >= 15 is 0 Å². The van der Waals surface area contributed by atoms with Gasteiger partial charge in [0.05, 0.1) is 12.7 Å². The van der Waals surface area contributed by atoms with Crippen LogP contribution in [0.1, 0.15) is 10.4 Å². The summed E-state index contributed by atoms with van der Waals surface area (Å²) in [6.45, 7) is 0.998. The normalized spacial score (nSPS) is 11.6. The Bertz CT molecular complexity index is 728. The molecule has 1 aromatic carbocycles. The maximum atomic E-state index is 11.9.